The zero-order valence-corrected chi connectivity index (χ0v) is 14.2. The minimum atomic E-state index is -0.952. The van der Waals surface area contributed by atoms with Gasteiger partial charge in [-0.05, 0) is 35.7 Å². The molecule has 3 aromatic rings. The number of carboxylic acid groups (broad SMARTS) is 1. The Labute approximate surface area is 141 Å². The van der Waals surface area contributed by atoms with Gasteiger partial charge in [-0.2, -0.15) is 0 Å². The first-order valence-electron chi connectivity index (χ1n) is 6.17. The summed E-state index contributed by atoms with van der Waals surface area (Å²) in [7, 11) is 0. The number of aromatic nitrogens is 2. The first-order chi connectivity index (χ1) is 10.6. The predicted octanol–water partition coefficient (Wildman–Crippen LogP) is 3.39. The normalized spacial score (nSPS) is 11.0. The molecule has 5 nitrogen and oxygen atoms in total. The number of hydrogen-bond acceptors (Lipinski definition) is 5. The van der Waals surface area contributed by atoms with Crippen molar-refractivity contribution in [1.29, 1.82) is 0 Å². The van der Waals surface area contributed by atoms with E-state index in [1.54, 1.807) is 23.6 Å². The first-order valence-corrected chi connectivity index (χ1v) is 8.83. The molecule has 1 aromatic carbocycles. The molecule has 0 amide bonds. The number of carbonyl (C=O) groups is 1. The number of rotatable bonds is 4. The van der Waals surface area contributed by atoms with Crippen LogP contribution in [0.25, 0.3) is 15.9 Å². The molecule has 2 aromatic heterocycles. The summed E-state index contributed by atoms with van der Waals surface area (Å²) in [6, 6.07) is 8.99. The van der Waals surface area contributed by atoms with Crippen LogP contribution in [0.3, 0.4) is 0 Å². The summed E-state index contributed by atoms with van der Waals surface area (Å²) in [5.41, 5.74) is 1.07. The molecule has 0 aliphatic heterocycles. The zero-order chi connectivity index (χ0) is 15.7. The van der Waals surface area contributed by atoms with Crippen LogP contribution in [-0.4, -0.2) is 26.4 Å². The third kappa shape index (κ3) is 2.94. The molecule has 0 bridgehead atoms. The van der Waals surface area contributed by atoms with Crippen LogP contribution in [0.1, 0.15) is 0 Å². The molecule has 112 valence electrons. The minimum Gasteiger partial charge on any atom is -0.481 e. The molecule has 0 fully saturated rings. The van der Waals surface area contributed by atoms with E-state index >= 15 is 0 Å². The number of thioether (sulfide) groups is 1. The Morgan fingerprint density at radius 1 is 1.32 bits per heavy atom. The van der Waals surface area contributed by atoms with Crippen LogP contribution in [0.15, 0.2) is 50.1 Å². The molecule has 0 unspecified atom stereocenters. The number of aliphatic carboxylic acids is 1. The van der Waals surface area contributed by atoms with Gasteiger partial charge in [0, 0.05) is 4.47 Å². The van der Waals surface area contributed by atoms with Crippen LogP contribution >= 0.6 is 39.0 Å². The lowest BCUT2D eigenvalue weighted by Crippen LogP contribution is -2.21. The first kappa shape index (κ1) is 15.3. The van der Waals surface area contributed by atoms with E-state index in [-0.39, 0.29) is 11.3 Å². The molecule has 0 saturated heterocycles. The van der Waals surface area contributed by atoms with Crippen LogP contribution in [0.2, 0.25) is 0 Å². The van der Waals surface area contributed by atoms with Crippen molar-refractivity contribution in [3.05, 3.63) is 50.5 Å². The number of fused-ring (bicyclic) bond motifs is 1. The fourth-order valence-corrected chi connectivity index (χ4v) is 3.69. The van der Waals surface area contributed by atoms with Crippen molar-refractivity contribution < 1.29 is 9.90 Å². The number of thiophene rings is 1. The SMILES string of the molecule is O=C(O)CSc1nc2ccsc2c(=O)n1-c1ccc(Br)cc1. The highest BCUT2D eigenvalue weighted by Gasteiger charge is 2.15. The lowest BCUT2D eigenvalue weighted by atomic mass is 10.3. The minimum absolute atomic E-state index is 0.154. The summed E-state index contributed by atoms with van der Waals surface area (Å²) in [6.45, 7) is 0. The molecular formula is C14H9BrN2O3S2. The molecule has 0 spiro atoms. The Morgan fingerprint density at radius 2 is 2.05 bits per heavy atom. The lowest BCUT2D eigenvalue weighted by molar-refractivity contribution is -0.133. The number of benzene rings is 1. The van der Waals surface area contributed by atoms with Crippen molar-refractivity contribution >= 4 is 55.2 Å². The van der Waals surface area contributed by atoms with Crippen molar-refractivity contribution in [3.8, 4) is 5.69 Å². The van der Waals surface area contributed by atoms with Crippen LogP contribution in [-0.2, 0) is 4.79 Å². The predicted molar refractivity (Wildman–Crippen MR) is 91.3 cm³/mol. The van der Waals surface area contributed by atoms with E-state index in [0.717, 1.165) is 16.2 Å². The van der Waals surface area contributed by atoms with E-state index in [9.17, 15) is 9.59 Å². The largest absolute Gasteiger partial charge is 0.481 e. The molecule has 0 saturated carbocycles. The van der Waals surface area contributed by atoms with Gasteiger partial charge < -0.3 is 5.11 Å². The topological polar surface area (TPSA) is 72.2 Å². The van der Waals surface area contributed by atoms with E-state index < -0.39 is 5.97 Å². The Balaban J connectivity index is 2.22. The zero-order valence-electron chi connectivity index (χ0n) is 11.0. The molecule has 8 heteroatoms. The van der Waals surface area contributed by atoms with Crippen LogP contribution < -0.4 is 5.56 Å². The molecule has 22 heavy (non-hydrogen) atoms. The van der Waals surface area contributed by atoms with Gasteiger partial charge >= 0.3 is 5.97 Å². The van der Waals surface area contributed by atoms with Gasteiger partial charge in [0.15, 0.2) is 5.16 Å². The van der Waals surface area contributed by atoms with Gasteiger partial charge in [0.05, 0.1) is 17.0 Å². The summed E-state index contributed by atoms with van der Waals surface area (Å²) in [5, 5.41) is 11.1. The maximum atomic E-state index is 12.7. The van der Waals surface area contributed by atoms with Crippen molar-refractivity contribution in [2.45, 2.75) is 5.16 Å². The standard InChI is InChI=1S/C14H9BrN2O3S2/c15-8-1-3-9(4-2-8)17-13(20)12-10(5-6-21-12)16-14(17)22-7-11(18)19/h1-6H,7H2,(H,18,19). The highest BCUT2D eigenvalue weighted by atomic mass is 79.9. The van der Waals surface area contributed by atoms with Gasteiger partial charge in [-0.3, -0.25) is 14.2 Å². The molecule has 3 rings (SSSR count). The van der Waals surface area contributed by atoms with E-state index in [0.29, 0.717) is 21.1 Å². The monoisotopic (exact) mass is 396 g/mol. The third-order valence-electron chi connectivity index (χ3n) is 2.86. The Hall–Kier alpha value is -1.64. The van der Waals surface area contributed by atoms with Gasteiger partial charge in [0.2, 0.25) is 0 Å². The average Bonchev–Trinajstić information content (AvgIpc) is 2.95. The Kier molecular flexibility index (Phi) is 4.32. The molecular weight excluding hydrogens is 388 g/mol. The number of nitrogens with zero attached hydrogens (tertiary/aromatic N) is 2. The summed E-state index contributed by atoms with van der Waals surface area (Å²) in [5.74, 6) is -1.11. The lowest BCUT2D eigenvalue weighted by Gasteiger charge is -2.11. The van der Waals surface area contributed by atoms with Crippen molar-refractivity contribution in [3.63, 3.8) is 0 Å². The van der Waals surface area contributed by atoms with Gasteiger partial charge in [0.1, 0.15) is 4.70 Å². The maximum absolute atomic E-state index is 12.7. The Morgan fingerprint density at radius 3 is 2.73 bits per heavy atom. The van der Waals surface area contributed by atoms with Gasteiger partial charge in [-0.1, -0.05) is 27.7 Å². The number of hydrogen-bond donors (Lipinski definition) is 1. The second-order valence-electron chi connectivity index (χ2n) is 4.33. The fourth-order valence-electron chi connectivity index (χ4n) is 1.93. The summed E-state index contributed by atoms with van der Waals surface area (Å²) in [6.07, 6.45) is 0. The molecule has 0 aliphatic rings. The van der Waals surface area contributed by atoms with Crippen molar-refractivity contribution in [2.75, 3.05) is 5.75 Å². The van der Waals surface area contributed by atoms with Crippen LogP contribution in [0, 0.1) is 0 Å². The van der Waals surface area contributed by atoms with Crippen LogP contribution in [0.5, 0.6) is 0 Å². The van der Waals surface area contributed by atoms with E-state index in [1.807, 2.05) is 12.1 Å². The van der Waals surface area contributed by atoms with Crippen molar-refractivity contribution in [2.24, 2.45) is 0 Å². The second-order valence-corrected chi connectivity index (χ2v) is 7.10. The van der Waals surface area contributed by atoms with E-state index in [1.165, 1.54) is 15.9 Å². The Bertz CT molecular complexity index is 903. The highest BCUT2D eigenvalue weighted by molar-refractivity contribution is 9.10. The summed E-state index contributed by atoms with van der Waals surface area (Å²) >= 11 is 5.71. The summed E-state index contributed by atoms with van der Waals surface area (Å²) < 4.78 is 2.91. The molecule has 2 heterocycles. The maximum Gasteiger partial charge on any atom is 0.313 e. The van der Waals surface area contributed by atoms with Gasteiger partial charge in [-0.25, -0.2) is 4.98 Å². The molecule has 0 radical (unpaired) electrons. The quantitative estimate of drug-likeness (QED) is 0.540. The summed E-state index contributed by atoms with van der Waals surface area (Å²) in [4.78, 5) is 28.0. The second kappa shape index (κ2) is 6.23. The van der Waals surface area contributed by atoms with E-state index in [4.69, 9.17) is 5.11 Å². The van der Waals surface area contributed by atoms with Crippen molar-refractivity contribution in [1.82, 2.24) is 9.55 Å². The highest BCUT2D eigenvalue weighted by Crippen LogP contribution is 2.24. The van der Waals surface area contributed by atoms with Gasteiger partial charge in [-0.15, -0.1) is 11.3 Å². The van der Waals surface area contributed by atoms with Crippen LogP contribution in [0.4, 0.5) is 0 Å². The number of halogens is 1. The molecule has 0 aliphatic carbocycles. The smallest absolute Gasteiger partial charge is 0.313 e. The number of carboxylic acids is 1. The molecule has 0 atom stereocenters. The fraction of sp³-hybridized carbons (Fsp3) is 0.0714. The van der Waals surface area contributed by atoms with E-state index in [2.05, 4.69) is 20.9 Å². The third-order valence-corrected chi connectivity index (χ3v) is 5.20. The average molecular weight is 397 g/mol. The van der Waals surface area contributed by atoms with Gasteiger partial charge in [0.25, 0.3) is 5.56 Å². The molecule has 1 N–H and O–H groups in total.